The van der Waals surface area contributed by atoms with Crippen LogP contribution in [0.3, 0.4) is 0 Å². The van der Waals surface area contributed by atoms with Crippen molar-refractivity contribution >= 4 is 29.7 Å². The summed E-state index contributed by atoms with van der Waals surface area (Å²) in [4.78, 5) is 23.3. The van der Waals surface area contributed by atoms with E-state index in [2.05, 4.69) is 38.7 Å². The number of hydrogen-bond donors (Lipinski definition) is 1. The van der Waals surface area contributed by atoms with E-state index in [9.17, 15) is 4.79 Å². The number of aromatic amines is 1. The number of rotatable bonds is 2. The molecule has 1 N–H and O–H groups in total. The minimum atomic E-state index is -0.519. The van der Waals surface area contributed by atoms with Crippen LogP contribution in [0.15, 0.2) is 18.2 Å². The largest absolute Gasteiger partial charge is 0.494 e. The van der Waals surface area contributed by atoms with Gasteiger partial charge in [-0.3, -0.25) is 4.90 Å². The third-order valence-corrected chi connectivity index (χ3v) is 7.52. The predicted octanol–water partition coefficient (Wildman–Crippen LogP) is 4.32. The van der Waals surface area contributed by atoms with Gasteiger partial charge >= 0.3 is 13.2 Å². The molecule has 1 amide bonds. The second-order valence-electron chi connectivity index (χ2n) is 11.5. The number of aromatic nitrogens is 2. The van der Waals surface area contributed by atoms with Crippen LogP contribution in [0.2, 0.25) is 0 Å². The highest BCUT2D eigenvalue weighted by molar-refractivity contribution is 6.62. The number of carbonyl (C=O) groups excluding carboxylic acids is 1. The molecule has 32 heavy (non-hydrogen) atoms. The van der Waals surface area contributed by atoms with Crippen LogP contribution in [0.4, 0.5) is 4.79 Å². The van der Waals surface area contributed by atoms with Crippen molar-refractivity contribution in [3.05, 3.63) is 24.0 Å². The Labute approximate surface area is 190 Å². The Morgan fingerprint density at radius 3 is 2.53 bits per heavy atom. The fourth-order valence-electron chi connectivity index (χ4n) is 5.23. The van der Waals surface area contributed by atoms with Gasteiger partial charge in [-0.25, -0.2) is 9.78 Å². The maximum absolute atomic E-state index is 13.0. The Kier molecular flexibility index (Phi) is 4.74. The molecule has 3 atom stereocenters. The van der Waals surface area contributed by atoms with Gasteiger partial charge in [0.2, 0.25) is 0 Å². The molecular weight excluding hydrogens is 405 g/mol. The molecule has 3 fully saturated rings. The van der Waals surface area contributed by atoms with Crippen LogP contribution in [0.25, 0.3) is 11.0 Å². The first-order valence-electron chi connectivity index (χ1n) is 11.7. The van der Waals surface area contributed by atoms with Crippen LogP contribution in [0.1, 0.15) is 79.6 Å². The summed E-state index contributed by atoms with van der Waals surface area (Å²) in [5.41, 5.74) is 1.48. The summed E-state index contributed by atoms with van der Waals surface area (Å²) < 4.78 is 18.2. The monoisotopic (exact) mass is 439 g/mol. The smallest absolute Gasteiger partial charge is 0.444 e. The molecule has 0 spiro atoms. The summed E-state index contributed by atoms with van der Waals surface area (Å²) in [6, 6.07) is 6.23. The molecule has 2 bridgehead atoms. The van der Waals surface area contributed by atoms with Crippen LogP contribution in [-0.2, 0) is 14.0 Å². The fourth-order valence-corrected chi connectivity index (χ4v) is 5.23. The molecule has 1 aromatic carbocycles. The first-order valence-corrected chi connectivity index (χ1v) is 11.7. The van der Waals surface area contributed by atoms with Gasteiger partial charge in [0.05, 0.1) is 28.3 Å². The Morgan fingerprint density at radius 1 is 1.19 bits per heavy atom. The molecule has 2 aromatic rings. The fraction of sp³-hybridized carbons (Fsp3) is 0.667. The molecule has 3 aliphatic rings. The van der Waals surface area contributed by atoms with Crippen LogP contribution in [-0.4, -0.2) is 50.9 Å². The van der Waals surface area contributed by atoms with E-state index in [0.717, 1.165) is 41.6 Å². The zero-order valence-electron chi connectivity index (χ0n) is 20.2. The third kappa shape index (κ3) is 3.52. The lowest BCUT2D eigenvalue weighted by atomic mass is 9.79. The van der Waals surface area contributed by atoms with E-state index in [1.54, 1.807) is 0 Å². The highest BCUT2D eigenvalue weighted by Gasteiger charge is 2.52. The van der Waals surface area contributed by atoms with Crippen molar-refractivity contribution in [2.75, 3.05) is 0 Å². The van der Waals surface area contributed by atoms with E-state index < -0.39 is 12.7 Å². The van der Waals surface area contributed by atoms with Gasteiger partial charge in [-0.2, -0.15) is 0 Å². The number of benzene rings is 1. The number of amides is 1. The van der Waals surface area contributed by atoms with Crippen molar-refractivity contribution in [3.8, 4) is 0 Å². The summed E-state index contributed by atoms with van der Waals surface area (Å²) in [6.07, 6.45) is 2.92. The van der Waals surface area contributed by atoms with Crippen molar-refractivity contribution in [2.45, 2.75) is 96.6 Å². The third-order valence-electron chi connectivity index (χ3n) is 7.52. The molecule has 5 rings (SSSR count). The van der Waals surface area contributed by atoms with Gasteiger partial charge in [-0.05, 0) is 91.2 Å². The number of fused-ring (bicyclic) bond motifs is 3. The van der Waals surface area contributed by atoms with E-state index in [1.165, 1.54) is 0 Å². The van der Waals surface area contributed by atoms with Gasteiger partial charge in [0, 0.05) is 6.04 Å². The minimum Gasteiger partial charge on any atom is -0.444 e. The first kappa shape index (κ1) is 21.8. The zero-order valence-corrected chi connectivity index (χ0v) is 20.2. The SMILES string of the molecule is CC(C)(C)OC(=O)N1[C@H]2CC[C@@H](C2)[C@H]1c1nc2ccc(B3OC(C)(C)C(C)(C)O3)cc2[nH]1. The van der Waals surface area contributed by atoms with Crippen molar-refractivity contribution in [2.24, 2.45) is 5.92 Å². The number of carbonyl (C=O) groups is 1. The predicted molar refractivity (Wildman–Crippen MR) is 124 cm³/mol. The molecule has 7 nitrogen and oxygen atoms in total. The molecule has 2 aliphatic heterocycles. The highest BCUT2D eigenvalue weighted by Crippen LogP contribution is 2.50. The Morgan fingerprint density at radius 2 is 1.88 bits per heavy atom. The lowest BCUT2D eigenvalue weighted by Gasteiger charge is -2.35. The number of ether oxygens (including phenoxy) is 1. The molecule has 0 radical (unpaired) electrons. The summed E-state index contributed by atoms with van der Waals surface area (Å²) in [7, 11) is -0.420. The normalized spacial score (nSPS) is 28.7. The van der Waals surface area contributed by atoms with Crippen LogP contribution >= 0.6 is 0 Å². The molecule has 3 heterocycles. The van der Waals surface area contributed by atoms with E-state index in [-0.39, 0.29) is 29.4 Å². The average molecular weight is 439 g/mol. The van der Waals surface area contributed by atoms with Crippen LogP contribution in [0, 0.1) is 5.92 Å². The molecule has 1 aliphatic carbocycles. The summed E-state index contributed by atoms with van der Waals surface area (Å²) in [5, 5.41) is 0. The van der Waals surface area contributed by atoms with Crippen molar-refractivity contribution < 1.29 is 18.8 Å². The summed E-state index contributed by atoms with van der Waals surface area (Å²) in [5.74, 6) is 1.25. The quantitative estimate of drug-likeness (QED) is 0.706. The van der Waals surface area contributed by atoms with E-state index in [0.29, 0.717) is 5.92 Å². The maximum Gasteiger partial charge on any atom is 0.494 e. The molecule has 8 heteroatoms. The second-order valence-corrected chi connectivity index (χ2v) is 11.5. The number of nitrogens with one attached hydrogen (secondary N) is 1. The van der Waals surface area contributed by atoms with Crippen LogP contribution < -0.4 is 5.46 Å². The topological polar surface area (TPSA) is 76.7 Å². The number of likely N-dealkylation sites (tertiary alicyclic amines) is 1. The summed E-state index contributed by atoms with van der Waals surface area (Å²) >= 11 is 0. The molecule has 172 valence electrons. The number of piperidine rings is 1. The molecule has 2 saturated heterocycles. The minimum absolute atomic E-state index is 0.0729. The molecule has 1 aromatic heterocycles. The molecular formula is C24H34BN3O4. The highest BCUT2D eigenvalue weighted by atomic mass is 16.7. The molecule has 0 unspecified atom stereocenters. The van der Waals surface area contributed by atoms with Gasteiger partial charge in [0.1, 0.15) is 11.4 Å². The Bertz CT molecular complexity index is 1040. The van der Waals surface area contributed by atoms with Gasteiger partial charge in [0.25, 0.3) is 0 Å². The van der Waals surface area contributed by atoms with E-state index in [1.807, 2.05) is 37.8 Å². The maximum atomic E-state index is 13.0. The first-order chi connectivity index (χ1) is 14.8. The average Bonchev–Trinajstić information content (AvgIpc) is 3.41. The number of nitrogens with zero attached hydrogens (tertiary/aromatic N) is 2. The Hall–Kier alpha value is -2.06. The van der Waals surface area contributed by atoms with Gasteiger partial charge in [0.15, 0.2) is 0 Å². The Balaban J connectivity index is 1.44. The lowest BCUT2D eigenvalue weighted by Crippen LogP contribution is -2.43. The number of imidazole rings is 1. The van der Waals surface area contributed by atoms with E-state index in [4.69, 9.17) is 19.0 Å². The lowest BCUT2D eigenvalue weighted by molar-refractivity contribution is 0.00578. The summed E-state index contributed by atoms with van der Waals surface area (Å²) in [6.45, 7) is 14.0. The standard InChI is InChI=1S/C24H34BN3O4/c1-22(2,3)30-21(29)28-16-10-8-14(12-16)19(28)20-26-17-11-9-15(13-18(17)27-20)25-31-23(4,5)24(6,7)32-25/h9,11,13-14,16,19H,8,10,12H2,1-7H3,(H,26,27)/t14-,16-,19-/m0/s1. The van der Waals surface area contributed by atoms with E-state index >= 15 is 0 Å². The van der Waals surface area contributed by atoms with Gasteiger partial charge in [-0.15, -0.1) is 0 Å². The second kappa shape index (κ2) is 6.97. The van der Waals surface area contributed by atoms with Crippen molar-refractivity contribution in [1.29, 1.82) is 0 Å². The molecule has 1 saturated carbocycles. The van der Waals surface area contributed by atoms with Crippen molar-refractivity contribution in [3.63, 3.8) is 0 Å². The van der Waals surface area contributed by atoms with Crippen LogP contribution in [0.5, 0.6) is 0 Å². The van der Waals surface area contributed by atoms with Crippen molar-refractivity contribution in [1.82, 2.24) is 14.9 Å². The van der Waals surface area contributed by atoms with Gasteiger partial charge in [-0.1, -0.05) is 6.07 Å². The number of H-pyrrole nitrogens is 1. The van der Waals surface area contributed by atoms with Gasteiger partial charge < -0.3 is 19.0 Å². The number of hydrogen-bond acceptors (Lipinski definition) is 5. The zero-order chi connectivity index (χ0) is 23.1.